The highest BCUT2D eigenvalue weighted by Gasteiger charge is 2.32. The molecule has 1 heterocycles. The predicted octanol–water partition coefficient (Wildman–Crippen LogP) is 1.66. The van der Waals surface area contributed by atoms with Crippen molar-refractivity contribution in [3.63, 3.8) is 0 Å². The van der Waals surface area contributed by atoms with Gasteiger partial charge in [-0.25, -0.2) is 8.42 Å². The Balaban J connectivity index is 2.34. The summed E-state index contributed by atoms with van der Waals surface area (Å²) in [5, 5.41) is 0.460. The van der Waals surface area contributed by atoms with E-state index in [0.29, 0.717) is 37.0 Å². The number of morpholine rings is 1. The van der Waals surface area contributed by atoms with Crippen LogP contribution in [-0.4, -0.2) is 57.8 Å². The molecule has 0 N–H and O–H groups in total. The molecule has 0 spiro atoms. The summed E-state index contributed by atoms with van der Waals surface area (Å²) >= 11 is 6.11. The molecule has 0 unspecified atom stereocenters. The first kappa shape index (κ1) is 18.0. The van der Waals surface area contributed by atoms with Crippen molar-refractivity contribution in [1.29, 1.82) is 0 Å². The summed E-state index contributed by atoms with van der Waals surface area (Å²) < 4.78 is 30.8. The van der Waals surface area contributed by atoms with Crippen LogP contribution in [0.1, 0.15) is 12.5 Å². The second-order valence-corrected chi connectivity index (χ2v) is 7.87. The maximum absolute atomic E-state index is 12.6. The molecule has 1 amide bonds. The van der Waals surface area contributed by atoms with E-state index in [-0.39, 0.29) is 5.91 Å². The van der Waals surface area contributed by atoms with Crippen molar-refractivity contribution < 1.29 is 17.9 Å². The number of anilines is 1. The SMILES string of the molecule is Cc1ccc(N([C@@H](C)C(=O)N2CCOCC2)S(C)(=O)=O)cc1Cl. The standard InChI is InChI=1S/C15H21ClN2O4S/c1-11-4-5-13(10-14(11)16)18(23(3,20)21)12(2)15(19)17-6-8-22-9-7-17/h4-5,10,12H,6-9H2,1-3H3/t12-/m0/s1. The molecule has 1 aromatic carbocycles. The summed E-state index contributed by atoms with van der Waals surface area (Å²) in [4.78, 5) is 14.3. The summed E-state index contributed by atoms with van der Waals surface area (Å²) in [5.41, 5.74) is 1.23. The molecule has 0 aliphatic carbocycles. The van der Waals surface area contributed by atoms with Crippen LogP contribution in [0.15, 0.2) is 18.2 Å². The number of rotatable bonds is 4. The number of nitrogens with zero attached hydrogens (tertiary/aromatic N) is 2. The minimum absolute atomic E-state index is 0.240. The maximum Gasteiger partial charge on any atom is 0.246 e. The van der Waals surface area contributed by atoms with Crippen LogP contribution in [-0.2, 0) is 19.6 Å². The Morgan fingerprint density at radius 1 is 1.35 bits per heavy atom. The third kappa shape index (κ3) is 4.16. The molecule has 1 aliphatic heterocycles. The lowest BCUT2D eigenvalue weighted by Crippen LogP contribution is -2.52. The van der Waals surface area contributed by atoms with Gasteiger partial charge in [0.1, 0.15) is 6.04 Å². The van der Waals surface area contributed by atoms with Crippen molar-refractivity contribution in [3.05, 3.63) is 28.8 Å². The summed E-state index contributed by atoms with van der Waals surface area (Å²) in [7, 11) is -3.63. The van der Waals surface area contributed by atoms with Gasteiger partial charge in [-0.1, -0.05) is 17.7 Å². The van der Waals surface area contributed by atoms with Crippen molar-refractivity contribution in [3.8, 4) is 0 Å². The van der Waals surface area contributed by atoms with Crippen LogP contribution >= 0.6 is 11.6 Å². The zero-order valence-electron chi connectivity index (χ0n) is 13.5. The van der Waals surface area contributed by atoms with Gasteiger partial charge in [0.2, 0.25) is 15.9 Å². The molecular formula is C15H21ClN2O4S. The number of hydrogen-bond acceptors (Lipinski definition) is 4. The molecule has 1 fully saturated rings. The number of benzene rings is 1. The monoisotopic (exact) mass is 360 g/mol. The molecule has 0 radical (unpaired) electrons. The quantitative estimate of drug-likeness (QED) is 0.819. The summed E-state index contributed by atoms with van der Waals surface area (Å²) in [5.74, 6) is -0.240. The number of aryl methyl sites for hydroxylation is 1. The van der Waals surface area contributed by atoms with Crippen molar-refractivity contribution in [1.82, 2.24) is 4.90 Å². The molecule has 1 saturated heterocycles. The lowest BCUT2D eigenvalue weighted by atomic mass is 10.2. The Morgan fingerprint density at radius 2 is 1.96 bits per heavy atom. The Morgan fingerprint density at radius 3 is 2.48 bits per heavy atom. The van der Waals surface area contributed by atoms with Gasteiger partial charge in [-0.15, -0.1) is 0 Å². The van der Waals surface area contributed by atoms with Gasteiger partial charge in [0.25, 0.3) is 0 Å². The molecule has 0 saturated carbocycles. The fourth-order valence-electron chi connectivity index (χ4n) is 2.57. The number of amides is 1. The Labute approximate surface area is 142 Å². The number of carbonyl (C=O) groups is 1. The zero-order chi connectivity index (χ0) is 17.2. The maximum atomic E-state index is 12.6. The van der Waals surface area contributed by atoms with Crippen LogP contribution in [0.4, 0.5) is 5.69 Å². The molecule has 1 aromatic rings. The van der Waals surface area contributed by atoms with Gasteiger partial charge in [0, 0.05) is 18.1 Å². The summed E-state index contributed by atoms with van der Waals surface area (Å²) in [6.07, 6.45) is 1.09. The number of ether oxygens (including phenoxy) is 1. The van der Waals surface area contributed by atoms with E-state index in [1.165, 1.54) is 0 Å². The van der Waals surface area contributed by atoms with Crippen molar-refractivity contribution >= 4 is 33.2 Å². The molecule has 0 bridgehead atoms. The minimum atomic E-state index is -3.63. The Hall–Kier alpha value is -1.31. The molecule has 23 heavy (non-hydrogen) atoms. The van der Waals surface area contributed by atoms with Gasteiger partial charge in [-0.2, -0.15) is 0 Å². The van der Waals surface area contributed by atoms with Gasteiger partial charge >= 0.3 is 0 Å². The molecule has 8 heteroatoms. The van der Waals surface area contributed by atoms with E-state index in [2.05, 4.69) is 0 Å². The highest BCUT2D eigenvalue weighted by atomic mass is 35.5. The predicted molar refractivity (Wildman–Crippen MR) is 90.4 cm³/mol. The van der Waals surface area contributed by atoms with Gasteiger partial charge in [0.05, 0.1) is 25.2 Å². The number of sulfonamides is 1. The summed E-state index contributed by atoms with van der Waals surface area (Å²) in [6.45, 7) is 5.29. The van der Waals surface area contributed by atoms with Crippen molar-refractivity contribution in [2.75, 3.05) is 36.9 Å². The number of carbonyl (C=O) groups excluding carboxylic acids is 1. The molecular weight excluding hydrogens is 340 g/mol. The zero-order valence-corrected chi connectivity index (χ0v) is 15.0. The van der Waals surface area contributed by atoms with Crippen LogP contribution in [0.25, 0.3) is 0 Å². The van der Waals surface area contributed by atoms with E-state index in [4.69, 9.17) is 16.3 Å². The summed E-state index contributed by atoms with van der Waals surface area (Å²) in [6, 6.07) is 4.12. The molecule has 6 nitrogen and oxygen atoms in total. The second kappa shape index (κ2) is 7.07. The van der Waals surface area contributed by atoms with E-state index < -0.39 is 16.1 Å². The fourth-order valence-corrected chi connectivity index (χ4v) is 3.91. The first-order valence-electron chi connectivity index (χ1n) is 7.34. The number of halogens is 1. The van der Waals surface area contributed by atoms with E-state index in [1.54, 1.807) is 30.0 Å². The van der Waals surface area contributed by atoms with Crippen molar-refractivity contribution in [2.45, 2.75) is 19.9 Å². The van der Waals surface area contributed by atoms with Gasteiger partial charge in [-0.05, 0) is 31.5 Å². The first-order valence-corrected chi connectivity index (χ1v) is 9.56. The topological polar surface area (TPSA) is 66.9 Å². The van der Waals surface area contributed by atoms with Crippen LogP contribution < -0.4 is 4.31 Å². The highest BCUT2D eigenvalue weighted by Crippen LogP contribution is 2.27. The fraction of sp³-hybridized carbons (Fsp3) is 0.533. The second-order valence-electron chi connectivity index (χ2n) is 5.61. The molecule has 0 aromatic heterocycles. The van der Waals surface area contributed by atoms with Crippen LogP contribution in [0.3, 0.4) is 0 Å². The largest absolute Gasteiger partial charge is 0.378 e. The first-order chi connectivity index (χ1) is 10.7. The van der Waals surface area contributed by atoms with Gasteiger partial charge in [-0.3, -0.25) is 9.10 Å². The van der Waals surface area contributed by atoms with Crippen LogP contribution in [0.5, 0.6) is 0 Å². The van der Waals surface area contributed by atoms with Crippen molar-refractivity contribution in [2.24, 2.45) is 0 Å². The van der Waals surface area contributed by atoms with Gasteiger partial charge < -0.3 is 9.64 Å². The van der Waals surface area contributed by atoms with Crippen LogP contribution in [0, 0.1) is 6.92 Å². The third-order valence-electron chi connectivity index (χ3n) is 3.80. The van der Waals surface area contributed by atoms with E-state index in [0.717, 1.165) is 16.1 Å². The Kier molecular flexibility index (Phi) is 5.54. The van der Waals surface area contributed by atoms with E-state index in [1.807, 2.05) is 6.92 Å². The average Bonchev–Trinajstić information content (AvgIpc) is 2.49. The minimum Gasteiger partial charge on any atom is -0.378 e. The molecule has 1 aliphatic rings. The molecule has 128 valence electrons. The molecule has 2 rings (SSSR count). The third-order valence-corrected chi connectivity index (χ3v) is 5.45. The average molecular weight is 361 g/mol. The lowest BCUT2D eigenvalue weighted by molar-refractivity contribution is -0.136. The molecule has 1 atom stereocenters. The van der Waals surface area contributed by atoms with Crippen LogP contribution in [0.2, 0.25) is 5.02 Å². The normalized spacial score (nSPS) is 17.0. The van der Waals surface area contributed by atoms with Gasteiger partial charge in [0.15, 0.2) is 0 Å². The Bertz CT molecular complexity index is 687. The van der Waals surface area contributed by atoms with E-state index in [9.17, 15) is 13.2 Å². The lowest BCUT2D eigenvalue weighted by Gasteiger charge is -2.34. The highest BCUT2D eigenvalue weighted by molar-refractivity contribution is 7.92. The van der Waals surface area contributed by atoms with E-state index >= 15 is 0 Å². The number of hydrogen-bond donors (Lipinski definition) is 0. The smallest absolute Gasteiger partial charge is 0.246 e.